The van der Waals surface area contributed by atoms with E-state index in [1.807, 2.05) is 36.1 Å². The number of hydrogen-bond acceptors (Lipinski definition) is 5. The Morgan fingerprint density at radius 1 is 1.25 bits per heavy atom. The molecule has 0 saturated heterocycles. The van der Waals surface area contributed by atoms with Crippen LogP contribution in [-0.2, 0) is 5.54 Å². The first-order chi connectivity index (χ1) is 13.1. The Bertz CT molecular complexity index is 1020. The first-order valence-electron chi connectivity index (χ1n) is 9.34. The van der Waals surface area contributed by atoms with Crippen LogP contribution in [0.3, 0.4) is 0 Å². The fourth-order valence-corrected chi connectivity index (χ4v) is 3.39. The summed E-state index contributed by atoms with van der Waals surface area (Å²) in [5, 5.41) is 9.37. The molecule has 3 aromatic heterocycles. The molecule has 0 aliphatic rings. The number of anilines is 1. The number of rotatable bonds is 4. The molecule has 3 aromatic rings. The molecule has 1 N–H and O–H groups in total. The molecule has 3 heterocycles. The number of amides is 1. The standard InChI is InChI=1S/C21H27N5OS/c1-12(2)16-10-15(20(27)23-14-8-9-17(28-7)22-11-14)18-13(3)25-26(19(18)24-16)21(4,5)6/h8-12H,1-7H3,(H,23,27). The van der Waals surface area contributed by atoms with Crippen LogP contribution in [-0.4, -0.2) is 31.9 Å². The maximum Gasteiger partial charge on any atom is 0.256 e. The number of nitrogens with one attached hydrogen (secondary N) is 1. The molecule has 1 amide bonds. The maximum atomic E-state index is 13.2. The van der Waals surface area contributed by atoms with Gasteiger partial charge in [-0.2, -0.15) is 5.10 Å². The highest BCUT2D eigenvalue weighted by Gasteiger charge is 2.25. The Balaban J connectivity index is 2.12. The van der Waals surface area contributed by atoms with Crippen LogP contribution in [0.15, 0.2) is 29.4 Å². The maximum absolute atomic E-state index is 13.2. The van der Waals surface area contributed by atoms with Crippen LogP contribution in [0.4, 0.5) is 5.69 Å². The second-order valence-electron chi connectivity index (χ2n) is 8.16. The third-order valence-corrected chi connectivity index (χ3v) is 5.17. The van der Waals surface area contributed by atoms with Crippen molar-refractivity contribution in [2.75, 3.05) is 11.6 Å². The van der Waals surface area contributed by atoms with Gasteiger partial charge in [0.15, 0.2) is 5.65 Å². The minimum Gasteiger partial charge on any atom is -0.321 e. The quantitative estimate of drug-likeness (QED) is 0.628. The molecule has 0 atom stereocenters. The normalized spacial score (nSPS) is 12.0. The van der Waals surface area contributed by atoms with Gasteiger partial charge in [0.1, 0.15) is 0 Å². The number of carbonyl (C=O) groups is 1. The van der Waals surface area contributed by atoms with Gasteiger partial charge in [-0.25, -0.2) is 14.6 Å². The predicted molar refractivity (Wildman–Crippen MR) is 115 cm³/mol. The Hall–Kier alpha value is -2.41. The topological polar surface area (TPSA) is 72.7 Å². The zero-order valence-corrected chi connectivity index (χ0v) is 18.3. The van der Waals surface area contributed by atoms with Gasteiger partial charge in [-0.3, -0.25) is 4.79 Å². The summed E-state index contributed by atoms with van der Waals surface area (Å²) in [6, 6.07) is 5.64. The molecule has 0 saturated carbocycles. The molecule has 0 bridgehead atoms. The molecule has 148 valence electrons. The lowest BCUT2D eigenvalue weighted by Gasteiger charge is -2.20. The zero-order valence-electron chi connectivity index (χ0n) is 17.5. The summed E-state index contributed by atoms with van der Waals surface area (Å²) in [6.07, 6.45) is 3.65. The van der Waals surface area contributed by atoms with Gasteiger partial charge in [0, 0.05) is 5.69 Å². The van der Waals surface area contributed by atoms with Crippen molar-refractivity contribution in [3.05, 3.63) is 41.3 Å². The lowest BCUT2D eigenvalue weighted by Crippen LogP contribution is -2.24. The molecular weight excluding hydrogens is 370 g/mol. The predicted octanol–water partition coefficient (Wildman–Crippen LogP) is 4.99. The van der Waals surface area contributed by atoms with E-state index in [1.54, 1.807) is 18.0 Å². The molecule has 0 unspecified atom stereocenters. The first-order valence-corrected chi connectivity index (χ1v) is 10.6. The van der Waals surface area contributed by atoms with Gasteiger partial charge in [0.25, 0.3) is 5.91 Å². The number of thioether (sulfide) groups is 1. The summed E-state index contributed by atoms with van der Waals surface area (Å²) in [6.45, 7) is 12.3. The first kappa shape index (κ1) is 20.3. The Morgan fingerprint density at radius 3 is 2.50 bits per heavy atom. The van der Waals surface area contributed by atoms with Crippen molar-refractivity contribution in [3.8, 4) is 0 Å². The average Bonchev–Trinajstić information content (AvgIpc) is 2.98. The summed E-state index contributed by atoms with van der Waals surface area (Å²) in [4.78, 5) is 22.3. The zero-order chi connectivity index (χ0) is 20.6. The van der Waals surface area contributed by atoms with E-state index in [4.69, 9.17) is 10.1 Å². The molecule has 7 heteroatoms. The highest BCUT2D eigenvalue weighted by Crippen LogP contribution is 2.29. The van der Waals surface area contributed by atoms with Crippen molar-refractivity contribution < 1.29 is 4.79 Å². The number of fused-ring (bicyclic) bond motifs is 1. The molecule has 6 nitrogen and oxygen atoms in total. The molecule has 0 aliphatic heterocycles. The van der Waals surface area contributed by atoms with Crippen molar-refractivity contribution in [3.63, 3.8) is 0 Å². The van der Waals surface area contributed by atoms with E-state index >= 15 is 0 Å². The van der Waals surface area contributed by atoms with Crippen molar-refractivity contribution >= 4 is 34.4 Å². The molecule has 0 spiro atoms. The number of carbonyl (C=O) groups excluding carboxylic acids is 1. The SMILES string of the molecule is CSc1ccc(NC(=O)c2cc(C(C)C)nc3c2c(C)nn3C(C)(C)C)cn1. The van der Waals surface area contributed by atoms with Crippen LogP contribution in [0.2, 0.25) is 0 Å². The minimum atomic E-state index is -0.236. The van der Waals surface area contributed by atoms with Crippen molar-refractivity contribution in [1.82, 2.24) is 19.7 Å². The van der Waals surface area contributed by atoms with Gasteiger partial charge in [0.2, 0.25) is 0 Å². The van der Waals surface area contributed by atoms with Crippen molar-refractivity contribution in [2.24, 2.45) is 0 Å². The number of pyridine rings is 2. The summed E-state index contributed by atoms with van der Waals surface area (Å²) in [7, 11) is 0. The van der Waals surface area contributed by atoms with Crippen LogP contribution in [0, 0.1) is 6.92 Å². The van der Waals surface area contributed by atoms with Gasteiger partial charge in [-0.05, 0) is 58.1 Å². The molecule has 0 aliphatic carbocycles. The third kappa shape index (κ3) is 3.90. The van der Waals surface area contributed by atoms with Crippen LogP contribution < -0.4 is 5.32 Å². The third-order valence-electron chi connectivity index (χ3n) is 4.51. The van der Waals surface area contributed by atoms with E-state index in [-0.39, 0.29) is 17.4 Å². The second kappa shape index (κ2) is 7.54. The number of aryl methyl sites for hydroxylation is 1. The summed E-state index contributed by atoms with van der Waals surface area (Å²) in [5.74, 6) is 0.0201. The molecule has 0 fully saturated rings. The monoisotopic (exact) mass is 397 g/mol. The summed E-state index contributed by atoms with van der Waals surface area (Å²) >= 11 is 1.56. The fourth-order valence-electron chi connectivity index (χ4n) is 3.02. The van der Waals surface area contributed by atoms with Gasteiger partial charge in [-0.15, -0.1) is 11.8 Å². The molecule has 0 aromatic carbocycles. The number of aromatic nitrogens is 4. The number of hydrogen-bond donors (Lipinski definition) is 1. The molecule has 28 heavy (non-hydrogen) atoms. The minimum absolute atomic E-state index is 0.176. The molecular formula is C21H27N5OS. The van der Waals surface area contributed by atoms with Gasteiger partial charge in [0.05, 0.1) is 39.1 Å². The van der Waals surface area contributed by atoms with Crippen LogP contribution in [0.5, 0.6) is 0 Å². The van der Waals surface area contributed by atoms with Gasteiger partial charge < -0.3 is 5.32 Å². The van der Waals surface area contributed by atoms with Crippen molar-refractivity contribution in [1.29, 1.82) is 0 Å². The molecule has 0 radical (unpaired) electrons. The lowest BCUT2D eigenvalue weighted by atomic mass is 10.0. The van der Waals surface area contributed by atoms with Gasteiger partial charge >= 0.3 is 0 Å². The Kier molecular flexibility index (Phi) is 5.48. The van der Waals surface area contributed by atoms with Crippen LogP contribution in [0.1, 0.15) is 62.3 Å². The van der Waals surface area contributed by atoms with Crippen LogP contribution in [0.25, 0.3) is 11.0 Å². The van der Waals surface area contributed by atoms with E-state index in [1.165, 1.54) is 0 Å². The highest BCUT2D eigenvalue weighted by molar-refractivity contribution is 7.98. The average molecular weight is 398 g/mol. The summed E-state index contributed by atoms with van der Waals surface area (Å²) in [5.41, 5.74) is 3.45. The van der Waals surface area contributed by atoms with Gasteiger partial charge in [-0.1, -0.05) is 13.8 Å². The van der Waals surface area contributed by atoms with E-state index in [2.05, 4.69) is 44.9 Å². The second-order valence-corrected chi connectivity index (χ2v) is 8.99. The van der Waals surface area contributed by atoms with E-state index in [0.717, 1.165) is 27.4 Å². The van der Waals surface area contributed by atoms with E-state index in [0.29, 0.717) is 11.3 Å². The van der Waals surface area contributed by atoms with E-state index in [9.17, 15) is 4.79 Å². The lowest BCUT2D eigenvalue weighted by molar-refractivity contribution is 0.102. The smallest absolute Gasteiger partial charge is 0.256 e. The highest BCUT2D eigenvalue weighted by atomic mass is 32.2. The van der Waals surface area contributed by atoms with E-state index < -0.39 is 0 Å². The van der Waals surface area contributed by atoms with Crippen molar-refractivity contribution in [2.45, 2.75) is 58.0 Å². The summed E-state index contributed by atoms with van der Waals surface area (Å²) < 4.78 is 1.91. The number of nitrogens with zero attached hydrogens (tertiary/aromatic N) is 4. The Labute approximate surface area is 170 Å². The van der Waals surface area contributed by atoms with Crippen LogP contribution >= 0.6 is 11.8 Å². The molecule has 3 rings (SSSR count). The fraction of sp³-hybridized carbons (Fsp3) is 0.429. The largest absolute Gasteiger partial charge is 0.321 e. The Morgan fingerprint density at radius 2 is 1.96 bits per heavy atom.